The van der Waals surface area contributed by atoms with E-state index in [-0.39, 0.29) is 41.3 Å². The molecule has 3 aromatic rings. The molecular formula is C24H24FNO6S2. The Hall–Kier alpha value is -2.92. The number of Topliss-reactive ketones (excluding diaryl/α,β-unsaturated/α-hetero) is 1. The van der Waals surface area contributed by atoms with Crippen LogP contribution >= 0.6 is 0 Å². The SMILES string of the molecule is O=C(c1ccccc1)C(F)OCCCCN(S(=O)(=O)c1ccccc1)S(=O)(=O)c1ccccc1. The lowest BCUT2D eigenvalue weighted by atomic mass is 10.1. The fourth-order valence-electron chi connectivity index (χ4n) is 3.13. The normalized spacial score (nSPS) is 13.0. The molecule has 0 amide bonds. The minimum absolute atomic E-state index is 0.0599. The number of unbranched alkanes of at least 4 members (excludes halogenated alkanes) is 1. The molecule has 0 heterocycles. The van der Waals surface area contributed by atoms with E-state index in [1.807, 2.05) is 0 Å². The van der Waals surface area contributed by atoms with Crippen molar-refractivity contribution < 1.29 is 30.8 Å². The van der Waals surface area contributed by atoms with Gasteiger partial charge in [-0.25, -0.2) is 21.2 Å². The van der Waals surface area contributed by atoms with Gasteiger partial charge in [-0.1, -0.05) is 70.4 Å². The number of rotatable bonds is 12. The summed E-state index contributed by atoms with van der Waals surface area (Å²) in [5.74, 6) is -0.819. The van der Waals surface area contributed by atoms with Crippen LogP contribution in [0.15, 0.2) is 101 Å². The van der Waals surface area contributed by atoms with Gasteiger partial charge in [0.2, 0.25) is 5.78 Å². The lowest BCUT2D eigenvalue weighted by Crippen LogP contribution is -2.37. The maximum absolute atomic E-state index is 14.1. The van der Waals surface area contributed by atoms with Crippen molar-refractivity contribution in [1.82, 2.24) is 3.71 Å². The van der Waals surface area contributed by atoms with Crippen LogP contribution in [0, 0.1) is 0 Å². The van der Waals surface area contributed by atoms with E-state index in [9.17, 15) is 26.0 Å². The summed E-state index contributed by atoms with van der Waals surface area (Å²) in [5, 5.41) is 0. The molecule has 3 aromatic carbocycles. The van der Waals surface area contributed by atoms with Crippen LogP contribution in [-0.4, -0.2) is 45.8 Å². The van der Waals surface area contributed by atoms with Gasteiger partial charge in [-0.2, -0.15) is 0 Å². The summed E-state index contributed by atoms with van der Waals surface area (Å²) < 4.78 is 72.2. The average molecular weight is 506 g/mol. The van der Waals surface area contributed by atoms with Gasteiger partial charge in [0.05, 0.1) is 16.4 Å². The van der Waals surface area contributed by atoms with Crippen molar-refractivity contribution >= 4 is 25.8 Å². The molecule has 0 aromatic heterocycles. The Balaban J connectivity index is 1.69. The van der Waals surface area contributed by atoms with Crippen LogP contribution < -0.4 is 0 Å². The van der Waals surface area contributed by atoms with Crippen molar-refractivity contribution in [3.8, 4) is 0 Å². The second-order valence-corrected chi connectivity index (χ2v) is 11.2. The molecule has 7 nitrogen and oxygen atoms in total. The summed E-state index contributed by atoms with van der Waals surface area (Å²) >= 11 is 0. The lowest BCUT2D eigenvalue weighted by molar-refractivity contribution is -0.0220. The zero-order valence-electron chi connectivity index (χ0n) is 18.2. The fourth-order valence-corrected chi connectivity index (χ4v) is 6.89. The highest BCUT2D eigenvalue weighted by molar-refractivity contribution is 8.04. The van der Waals surface area contributed by atoms with E-state index in [4.69, 9.17) is 4.74 Å². The first-order valence-corrected chi connectivity index (χ1v) is 13.4. The number of carbonyl (C=O) groups excluding carboxylic acids is 1. The van der Waals surface area contributed by atoms with E-state index in [1.54, 1.807) is 30.3 Å². The predicted octanol–water partition coefficient (Wildman–Crippen LogP) is 4.04. The molecule has 3 rings (SSSR count). The van der Waals surface area contributed by atoms with Crippen molar-refractivity contribution in [1.29, 1.82) is 0 Å². The highest BCUT2D eigenvalue weighted by Crippen LogP contribution is 2.25. The Kier molecular flexibility index (Phi) is 8.67. The van der Waals surface area contributed by atoms with Crippen LogP contribution in [0.5, 0.6) is 0 Å². The molecule has 180 valence electrons. The quantitative estimate of drug-likeness (QED) is 0.272. The smallest absolute Gasteiger partial charge is 0.262 e. The number of nitrogens with zero attached hydrogens (tertiary/aromatic N) is 1. The van der Waals surface area contributed by atoms with Gasteiger partial charge in [0, 0.05) is 12.1 Å². The molecule has 0 saturated carbocycles. The third kappa shape index (κ3) is 6.15. The van der Waals surface area contributed by atoms with Crippen LogP contribution in [-0.2, 0) is 24.8 Å². The molecule has 0 aliphatic carbocycles. The van der Waals surface area contributed by atoms with Gasteiger partial charge in [0.25, 0.3) is 26.4 Å². The summed E-state index contributed by atoms with van der Waals surface area (Å²) in [4.78, 5) is 11.7. The average Bonchev–Trinajstić information content (AvgIpc) is 2.86. The van der Waals surface area contributed by atoms with E-state index < -0.39 is 32.2 Å². The molecule has 0 radical (unpaired) electrons. The van der Waals surface area contributed by atoms with Crippen LogP contribution in [0.1, 0.15) is 23.2 Å². The van der Waals surface area contributed by atoms with E-state index in [1.165, 1.54) is 60.7 Å². The highest BCUT2D eigenvalue weighted by atomic mass is 32.3. The minimum Gasteiger partial charge on any atom is -0.342 e. The van der Waals surface area contributed by atoms with Gasteiger partial charge < -0.3 is 4.74 Å². The van der Waals surface area contributed by atoms with E-state index in [0.29, 0.717) is 3.71 Å². The standard InChI is InChI=1S/C24H24FNO6S2/c25-24(23(27)20-12-4-1-5-13-20)32-19-11-10-18-26(33(28,29)21-14-6-2-7-15-21)34(30,31)22-16-8-3-9-17-22/h1-9,12-17,24H,10-11,18-19H2. The maximum atomic E-state index is 14.1. The van der Waals surface area contributed by atoms with Gasteiger partial charge in [-0.05, 0) is 37.1 Å². The molecule has 0 fully saturated rings. The molecule has 0 aliphatic heterocycles. The monoisotopic (exact) mass is 505 g/mol. The van der Waals surface area contributed by atoms with Crippen molar-refractivity contribution in [3.63, 3.8) is 0 Å². The number of hydrogen-bond acceptors (Lipinski definition) is 6. The van der Waals surface area contributed by atoms with Crippen molar-refractivity contribution in [2.24, 2.45) is 0 Å². The number of alkyl halides is 1. The van der Waals surface area contributed by atoms with Crippen molar-refractivity contribution in [3.05, 3.63) is 96.6 Å². The predicted molar refractivity (Wildman–Crippen MR) is 125 cm³/mol. The molecule has 1 atom stereocenters. The van der Waals surface area contributed by atoms with Gasteiger partial charge in [-0.15, -0.1) is 0 Å². The third-order valence-corrected chi connectivity index (χ3v) is 9.23. The first kappa shape index (κ1) is 25.7. The van der Waals surface area contributed by atoms with Crippen LogP contribution in [0.25, 0.3) is 0 Å². The molecule has 34 heavy (non-hydrogen) atoms. The van der Waals surface area contributed by atoms with Gasteiger partial charge >= 0.3 is 0 Å². The van der Waals surface area contributed by atoms with E-state index in [0.717, 1.165) is 0 Å². The largest absolute Gasteiger partial charge is 0.342 e. The Labute approximate surface area is 198 Å². The zero-order chi connectivity index (χ0) is 24.6. The second kappa shape index (κ2) is 11.5. The van der Waals surface area contributed by atoms with Gasteiger partial charge in [-0.3, -0.25) is 4.79 Å². The van der Waals surface area contributed by atoms with Gasteiger partial charge in [0.15, 0.2) is 0 Å². The Bertz CT molecular complexity index is 1220. The van der Waals surface area contributed by atoms with E-state index >= 15 is 0 Å². The Morgan fingerprint density at radius 3 is 1.65 bits per heavy atom. The summed E-state index contributed by atoms with van der Waals surface area (Å²) in [7, 11) is -8.77. The molecule has 10 heteroatoms. The number of hydrogen-bond donors (Lipinski definition) is 0. The number of halogens is 1. The lowest BCUT2D eigenvalue weighted by Gasteiger charge is -2.22. The molecule has 0 saturated heterocycles. The van der Waals surface area contributed by atoms with Gasteiger partial charge in [0.1, 0.15) is 0 Å². The zero-order valence-corrected chi connectivity index (χ0v) is 19.8. The number of ether oxygens (including phenoxy) is 1. The summed E-state index contributed by atoms with van der Waals surface area (Å²) in [5.41, 5.74) is 0.170. The first-order valence-electron chi connectivity index (χ1n) is 10.5. The Morgan fingerprint density at radius 2 is 1.18 bits per heavy atom. The van der Waals surface area contributed by atoms with Crippen molar-refractivity contribution in [2.75, 3.05) is 13.2 Å². The van der Waals surface area contributed by atoms with Crippen LogP contribution in [0.4, 0.5) is 4.39 Å². The summed E-state index contributed by atoms with van der Waals surface area (Å²) in [6, 6.07) is 22.3. The highest BCUT2D eigenvalue weighted by Gasteiger charge is 2.36. The summed E-state index contributed by atoms with van der Waals surface area (Å²) in [6.07, 6.45) is -1.97. The molecule has 1 unspecified atom stereocenters. The molecular weight excluding hydrogens is 481 g/mol. The summed E-state index contributed by atoms with van der Waals surface area (Å²) in [6.45, 7) is -0.564. The third-order valence-electron chi connectivity index (χ3n) is 4.88. The molecule has 0 spiro atoms. The first-order chi connectivity index (χ1) is 16.2. The Morgan fingerprint density at radius 1 is 0.735 bits per heavy atom. The van der Waals surface area contributed by atoms with Crippen LogP contribution in [0.2, 0.25) is 0 Å². The topological polar surface area (TPSA) is 97.8 Å². The molecule has 0 aliphatic rings. The molecule has 0 N–H and O–H groups in total. The fraction of sp³-hybridized carbons (Fsp3) is 0.208. The molecule has 0 bridgehead atoms. The van der Waals surface area contributed by atoms with Crippen molar-refractivity contribution in [2.45, 2.75) is 29.0 Å². The minimum atomic E-state index is -4.38. The second-order valence-electron chi connectivity index (χ2n) is 7.26. The number of benzene rings is 3. The van der Waals surface area contributed by atoms with Crippen LogP contribution in [0.3, 0.4) is 0 Å². The number of ketones is 1. The maximum Gasteiger partial charge on any atom is 0.262 e. The van der Waals surface area contributed by atoms with E-state index in [2.05, 4.69) is 0 Å². The number of carbonyl (C=O) groups is 1. The number of sulfonamides is 2.